The molecule has 1 aromatic heterocycles. The smallest absolute Gasteiger partial charge is 0.254 e. The van der Waals surface area contributed by atoms with Crippen molar-refractivity contribution in [1.29, 1.82) is 0 Å². The Labute approximate surface area is 150 Å². The number of nitrogens with zero attached hydrogens (tertiary/aromatic N) is 3. The van der Waals surface area contributed by atoms with Crippen LogP contribution in [0.2, 0.25) is 5.02 Å². The van der Waals surface area contributed by atoms with Crippen molar-refractivity contribution in [2.24, 2.45) is 0 Å². The van der Waals surface area contributed by atoms with E-state index in [-0.39, 0.29) is 12.5 Å². The summed E-state index contributed by atoms with van der Waals surface area (Å²) < 4.78 is 5.29. The average molecular weight is 354 g/mol. The first-order valence-electron chi connectivity index (χ1n) is 7.71. The highest BCUT2D eigenvalue weighted by atomic mass is 35.5. The van der Waals surface area contributed by atoms with E-state index in [4.69, 9.17) is 16.1 Å². The van der Waals surface area contributed by atoms with Gasteiger partial charge in [0.2, 0.25) is 11.7 Å². The Balaban J connectivity index is 1.79. The average Bonchev–Trinajstić information content (AvgIpc) is 3.10. The third kappa shape index (κ3) is 4.14. The predicted octanol–water partition coefficient (Wildman–Crippen LogP) is 4.22. The maximum absolute atomic E-state index is 12.7. The molecule has 0 radical (unpaired) electrons. The van der Waals surface area contributed by atoms with Gasteiger partial charge in [0.05, 0.1) is 0 Å². The van der Waals surface area contributed by atoms with Gasteiger partial charge in [-0.25, -0.2) is 0 Å². The standard InChI is InChI=1S/C19H16ClN3O2/c1-2-11-23(19(24)15-9-6-10-16(20)12-15)13-17-21-18(22-25-17)14-7-4-3-5-8-14/h2-10,12H,1,11,13H2. The minimum atomic E-state index is -0.179. The van der Waals surface area contributed by atoms with E-state index in [9.17, 15) is 4.79 Å². The van der Waals surface area contributed by atoms with Crippen LogP contribution in [0.4, 0.5) is 0 Å². The first-order chi connectivity index (χ1) is 12.2. The molecule has 126 valence electrons. The van der Waals surface area contributed by atoms with Crippen LogP contribution in [-0.2, 0) is 6.54 Å². The van der Waals surface area contributed by atoms with Crippen LogP contribution in [0.5, 0.6) is 0 Å². The fraction of sp³-hybridized carbons (Fsp3) is 0.105. The SMILES string of the molecule is C=CCN(Cc1nc(-c2ccccc2)no1)C(=O)c1cccc(Cl)c1. The summed E-state index contributed by atoms with van der Waals surface area (Å²) in [4.78, 5) is 18.6. The summed E-state index contributed by atoms with van der Waals surface area (Å²) in [6.45, 7) is 4.25. The third-order valence-electron chi connectivity index (χ3n) is 3.53. The highest BCUT2D eigenvalue weighted by molar-refractivity contribution is 6.30. The van der Waals surface area contributed by atoms with Crippen LogP contribution >= 0.6 is 11.6 Å². The van der Waals surface area contributed by atoms with Crippen molar-refractivity contribution in [3.05, 3.63) is 83.7 Å². The van der Waals surface area contributed by atoms with Crippen LogP contribution in [0.1, 0.15) is 16.2 Å². The van der Waals surface area contributed by atoms with Crippen molar-refractivity contribution in [1.82, 2.24) is 15.0 Å². The van der Waals surface area contributed by atoms with Crippen LogP contribution in [-0.4, -0.2) is 27.5 Å². The Hall–Kier alpha value is -2.92. The van der Waals surface area contributed by atoms with Crippen LogP contribution < -0.4 is 0 Å². The quantitative estimate of drug-likeness (QED) is 0.622. The van der Waals surface area contributed by atoms with Crippen molar-refractivity contribution in [3.8, 4) is 11.4 Å². The lowest BCUT2D eigenvalue weighted by Gasteiger charge is -2.19. The molecule has 25 heavy (non-hydrogen) atoms. The lowest BCUT2D eigenvalue weighted by Crippen LogP contribution is -2.30. The largest absolute Gasteiger partial charge is 0.337 e. The van der Waals surface area contributed by atoms with E-state index < -0.39 is 0 Å². The Morgan fingerprint density at radius 2 is 2.00 bits per heavy atom. The maximum atomic E-state index is 12.7. The Kier molecular flexibility index (Phi) is 5.26. The second kappa shape index (κ2) is 7.77. The van der Waals surface area contributed by atoms with Crippen LogP contribution in [0, 0.1) is 0 Å². The summed E-state index contributed by atoms with van der Waals surface area (Å²) >= 11 is 5.97. The summed E-state index contributed by atoms with van der Waals surface area (Å²) in [7, 11) is 0. The molecule has 5 nitrogen and oxygen atoms in total. The molecule has 0 aliphatic rings. The zero-order chi connectivity index (χ0) is 17.6. The van der Waals surface area contributed by atoms with Crippen molar-refractivity contribution in [2.45, 2.75) is 6.54 Å². The summed E-state index contributed by atoms with van der Waals surface area (Å²) in [5.41, 5.74) is 1.35. The molecule has 0 atom stereocenters. The van der Waals surface area contributed by atoms with Gasteiger partial charge in [-0.15, -0.1) is 6.58 Å². The number of amides is 1. The predicted molar refractivity (Wildman–Crippen MR) is 96.1 cm³/mol. The van der Waals surface area contributed by atoms with Crippen molar-refractivity contribution < 1.29 is 9.32 Å². The zero-order valence-corrected chi connectivity index (χ0v) is 14.2. The molecule has 1 amide bonds. The van der Waals surface area contributed by atoms with E-state index >= 15 is 0 Å². The number of carbonyl (C=O) groups excluding carboxylic acids is 1. The fourth-order valence-electron chi connectivity index (χ4n) is 2.37. The van der Waals surface area contributed by atoms with E-state index in [2.05, 4.69) is 16.7 Å². The van der Waals surface area contributed by atoms with E-state index in [0.29, 0.717) is 28.8 Å². The number of halogens is 1. The van der Waals surface area contributed by atoms with Gasteiger partial charge in [-0.3, -0.25) is 4.79 Å². The van der Waals surface area contributed by atoms with E-state index in [0.717, 1.165) is 5.56 Å². The minimum absolute atomic E-state index is 0.179. The molecule has 0 saturated carbocycles. The number of aromatic nitrogens is 2. The van der Waals surface area contributed by atoms with Gasteiger partial charge in [-0.2, -0.15) is 4.98 Å². The summed E-state index contributed by atoms with van der Waals surface area (Å²) in [6.07, 6.45) is 1.65. The normalized spacial score (nSPS) is 10.4. The Bertz CT molecular complexity index is 877. The second-order valence-corrected chi connectivity index (χ2v) is 5.80. The Morgan fingerprint density at radius 3 is 2.72 bits per heavy atom. The molecule has 0 aliphatic heterocycles. The number of carbonyl (C=O) groups is 1. The van der Waals surface area contributed by atoms with Crippen molar-refractivity contribution in [2.75, 3.05) is 6.54 Å². The molecule has 0 N–H and O–H groups in total. The molecule has 0 aliphatic carbocycles. The monoisotopic (exact) mass is 353 g/mol. The maximum Gasteiger partial charge on any atom is 0.254 e. The number of hydrogen-bond donors (Lipinski definition) is 0. The molecular formula is C19H16ClN3O2. The number of benzene rings is 2. The third-order valence-corrected chi connectivity index (χ3v) is 3.77. The molecule has 3 rings (SSSR count). The van der Waals surface area contributed by atoms with Crippen molar-refractivity contribution in [3.63, 3.8) is 0 Å². The van der Waals surface area contributed by atoms with Gasteiger partial charge in [-0.05, 0) is 18.2 Å². The molecule has 1 heterocycles. The van der Waals surface area contributed by atoms with Gasteiger partial charge in [0, 0.05) is 22.7 Å². The molecular weight excluding hydrogens is 338 g/mol. The molecule has 0 unspecified atom stereocenters. The molecule has 3 aromatic rings. The minimum Gasteiger partial charge on any atom is -0.337 e. The highest BCUT2D eigenvalue weighted by Crippen LogP contribution is 2.17. The van der Waals surface area contributed by atoms with Gasteiger partial charge in [0.25, 0.3) is 5.91 Å². The first-order valence-corrected chi connectivity index (χ1v) is 8.09. The van der Waals surface area contributed by atoms with Gasteiger partial charge < -0.3 is 9.42 Å². The van der Waals surface area contributed by atoms with Gasteiger partial charge in [-0.1, -0.05) is 59.2 Å². The number of rotatable bonds is 6. The van der Waals surface area contributed by atoms with Crippen LogP contribution in [0.25, 0.3) is 11.4 Å². The molecule has 0 fully saturated rings. The van der Waals surface area contributed by atoms with Gasteiger partial charge in [0.1, 0.15) is 6.54 Å². The Morgan fingerprint density at radius 1 is 1.20 bits per heavy atom. The van der Waals surface area contributed by atoms with E-state index in [1.165, 1.54) is 0 Å². The van der Waals surface area contributed by atoms with Crippen LogP contribution in [0.15, 0.2) is 71.8 Å². The van der Waals surface area contributed by atoms with Gasteiger partial charge in [0.15, 0.2) is 0 Å². The second-order valence-electron chi connectivity index (χ2n) is 5.36. The van der Waals surface area contributed by atoms with Crippen molar-refractivity contribution >= 4 is 17.5 Å². The zero-order valence-electron chi connectivity index (χ0n) is 13.4. The topological polar surface area (TPSA) is 59.2 Å². The van der Waals surface area contributed by atoms with E-state index in [1.807, 2.05) is 30.3 Å². The molecule has 2 aromatic carbocycles. The fourth-order valence-corrected chi connectivity index (χ4v) is 2.56. The molecule has 0 saturated heterocycles. The summed E-state index contributed by atoms with van der Waals surface area (Å²) in [5, 5.41) is 4.48. The molecule has 0 bridgehead atoms. The first kappa shape index (κ1) is 16.9. The van der Waals surface area contributed by atoms with Gasteiger partial charge >= 0.3 is 0 Å². The highest BCUT2D eigenvalue weighted by Gasteiger charge is 2.19. The van der Waals surface area contributed by atoms with E-state index in [1.54, 1.807) is 35.2 Å². The molecule has 6 heteroatoms. The van der Waals surface area contributed by atoms with Crippen LogP contribution in [0.3, 0.4) is 0 Å². The summed E-state index contributed by atoms with van der Waals surface area (Å²) in [6, 6.07) is 16.3. The molecule has 0 spiro atoms. The number of hydrogen-bond acceptors (Lipinski definition) is 4. The lowest BCUT2D eigenvalue weighted by atomic mass is 10.2. The summed E-state index contributed by atoms with van der Waals surface area (Å²) in [5.74, 6) is 0.669. The lowest BCUT2D eigenvalue weighted by molar-refractivity contribution is 0.0745.